The highest BCUT2D eigenvalue weighted by atomic mass is 32.1. The van der Waals surface area contributed by atoms with Gasteiger partial charge in [-0.15, -0.1) is 11.3 Å². The van der Waals surface area contributed by atoms with Gasteiger partial charge in [0.15, 0.2) is 0 Å². The number of carbonyl (C=O) groups excluding carboxylic acids is 4. The van der Waals surface area contributed by atoms with E-state index in [1.807, 2.05) is 0 Å². The van der Waals surface area contributed by atoms with Crippen molar-refractivity contribution in [2.45, 2.75) is 76.8 Å². The summed E-state index contributed by atoms with van der Waals surface area (Å²) in [6.07, 6.45) is 6.65. The minimum absolute atomic E-state index is 0.248. The summed E-state index contributed by atoms with van der Waals surface area (Å²) in [6.45, 7) is 3.53. The lowest BCUT2D eigenvalue weighted by Crippen LogP contribution is -2.48. The van der Waals surface area contributed by atoms with E-state index in [0.717, 1.165) is 53.9 Å². The number of esters is 1. The van der Waals surface area contributed by atoms with Crippen LogP contribution in [0.5, 0.6) is 0 Å². The van der Waals surface area contributed by atoms with Crippen LogP contribution in [0.4, 0.5) is 9.80 Å². The Morgan fingerprint density at radius 2 is 1.90 bits per heavy atom. The molecular formula is C21H27N3O5S. The standard InChI is InChI=1S/C21H27N3O5S/c1-3-29-18(26)15-13-8-4-5-9-14(13)30-17(15)22-16(25)12(2)24-19(27)21(23-20(24)28)10-6-7-11-21/h12H,3-11H2,1-2H3,(H,22,25)(H,23,28)/t12-/m0/s1. The molecule has 2 heterocycles. The molecule has 1 atom stereocenters. The van der Waals surface area contributed by atoms with Crippen molar-refractivity contribution in [3.05, 3.63) is 16.0 Å². The summed E-state index contributed by atoms with van der Waals surface area (Å²) in [5, 5.41) is 6.05. The van der Waals surface area contributed by atoms with Gasteiger partial charge in [0, 0.05) is 4.88 Å². The van der Waals surface area contributed by atoms with Gasteiger partial charge in [-0.05, 0) is 57.9 Å². The van der Waals surface area contributed by atoms with E-state index in [2.05, 4.69) is 10.6 Å². The van der Waals surface area contributed by atoms with Crippen molar-refractivity contribution in [1.82, 2.24) is 10.2 Å². The van der Waals surface area contributed by atoms with Crippen LogP contribution in [0, 0.1) is 0 Å². The first kappa shape index (κ1) is 20.8. The number of amides is 4. The Balaban J connectivity index is 1.56. The van der Waals surface area contributed by atoms with Crippen molar-refractivity contribution in [3.63, 3.8) is 0 Å². The Labute approximate surface area is 179 Å². The lowest BCUT2D eigenvalue weighted by molar-refractivity contribution is -0.136. The molecule has 0 unspecified atom stereocenters. The van der Waals surface area contributed by atoms with Gasteiger partial charge in [0.2, 0.25) is 5.91 Å². The molecule has 2 N–H and O–H groups in total. The molecule has 1 aromatic heterocycles. The van der Waals surface area contributed by atoms with Crippen molar-refractivity contribution < 1.29 is 23.9 Å². The third-order valence-electron chi connectivity index (χ3n) is 6.30. The van der Waals surface area contributed by atoms with Crippen molar-refractivity contribution in [2.24, 2.45) is 0 Å². The maximum absolute atomic E-state index is 13.0. The van der Waals surface area contributed by atoms with Crippen LogP contribution >= 0.6 is 11.3 Å². The molecule has 0 aromatic carbocycles. The Morgan fingerprint density at radius 3 is 2.60 bits per heavy atom. The van der Waals surface area contributed by atoms with Gasteiger partial charge in [-0.25, -0.2) is 14.5 Å². The SMILES string of the molecule is CCOC(=O)c1c(NC(=O)[C@H](C)N2C(=O)NC3(CCCC3)C2=O)sc2c1CCCC2. The monoisotopic (exact) mass is 433 g/mol. The molecule has 1 aliphatic heterocycles. The lowest BCUT2D eigenvalue weighted by atomic mass is 9.95. The van der Waals surface area contributed by atoms with E-state index in [0.29, 0.717) is 23.4 Å². The number of thiophene rings is 1. The van der Waals surface area contributed by atoms with Crippen molar-refractivity contribution in [3.8, 4) is 0 Å². The van der Waals surface area contributed by atoms with E-state index in [4.69, 9.17) is 4.74 Å². The molecule has 1 aromatic rings. The van der Waals surface area contributed by atoms with Gasteiger partial charge in [0.05, 0.1) is 12.2 Å². The van der Waals surface area contributed by atoms with Crippen LogP contribution in [-0.2, 0) is 27.2 Å². The molecule has 4 rings (SSSR count). The summed E-state index contributed by atoms with van der Waals surface area (Å²) in [5.41, 5.74) is 0.512. The zero-order valence-electron chi connectivity index (χ0n) is 17.3. The number of urea groups is 1. The number of nitrogens with zero attached hydrogens (tertiary/aromatic N) is 1. The number of imide groups is 1. The first-order valence-corrected chi connectivity index (χ1v) is 11.5. The predicted molar refractivity (Wildman–Crippen MR) is 112 cm³/mol. The molecule has 2 aliphatic carbocycles. The average molecular weight is 434 g/mol. The van der Waals surface area contributed by atoms with Gasteiger partial charge < -0.3 is 15.4 Å². The topological polar surface area (TPSA) is 105 Å². The molecule has 8 nitrogen and oxygen atoms in total. The van der Waals surface area contributed by atoms with Gasteiger partial charge in [-0.3, -0.25) is 9.59 Å². The number of ether oxygens (including phenoxy) is 1. The lowest BCUT2D eigenvalue weighted by Gasteiger charge is -2.23. The third kappa shape index (κ3) is 3.38. The van der Waals surface area contributed by atoms with Gasteiger partial charge in [0.1, 0.15) is 16.6 Å². The normalized spacial score (nSPS) is 20.8. The number of aryl methyl sites for hydroxylation is 1. The zero-order chi connectivity index (χ0) is 21.5. The molecule has 2 fully saturated rings. The Morgan fingerprint density at radius 1 is 1.20 bits per heavy atom. The number of rotatable bonds is 5. The van der Waals surface area contributed by atoms with E-state index in [9.17, 15) is 19.2 Å². The van der Waals surface area contributed by atoms with Crippen LogP contribution in [0.2, 0.25) is 0 Å². The molecule has 30 heavy (non-hydrogen) atoms. The first-order valence-electron chi connectivity index (χ1n) is 10.7. The smallest absolute Gasteiger partial charge is 0.341 e. The van der Waals surface area contributed by atoms with Crippen LogP contribution < -0.4 is 10.6 Å². The Kier molecular flexibility index (Phi) is 5.57. The van der Waals surface area contributed by atoms with E-state index in [1.54, 1.807) is 13.8 Å². The summed E-state index contributed by atoms with van der Waals surface area (Å²) < 4.78 is 5.22. The Hall–Kier alpha value is -2.42. The van der Waals surface area contributed by atoms with E-state index in [1.165, 1.54) is 11.3 Å². The molecule has 4 amide bonds. The zero-order valence-corrected chi connectivity index (χ0v) is 18.2. The van der Waals surface area contributed by atoms with Gasteiger partial charge in [-0.2, -0.15) is 0 Å². The number of hydrogen-bond donors (Lipinski definition) is 2. The fraction of sp³-hybridized carbons (Fsp3) is 0.619. The van der Waals surface area contributed by atoms with Crippen molar-refractivity contribution in [2.75, 3.05) is 11.9 Å². The van der Waals surface area contributed by atoms with Crippen molar-refractivity contribution >= 4 is 40.2 Å². The first-order chi connectivity index (χ1) is 14.4. The molecule has 1 saturated heterocycles. The van der Waals surface area contributed by atoms with Crippen LogP contribution in [0.15, 0.2) is 0 Å². The number of nitrogens with one attached hydrogen (secondary N) is 2. The summed E-state index contributed by atoms with van der Waals surface area (Å²) >= 11 is 1.39. The second-order valence-electron chi connectivity index (χ2n) is 8.20. The average Bonchev–Trinajstić information content (AvgIpc) is 3.38. The summed E-state index contributed by atoms with van der Waals surface area (Å²) in [5.74, 6) is -1.26. The van der Waals surface area contributed by atoms with Crippen LogP contribution in [0.3, 0.4) is 0 Å². The van der Waals surface area contributed by atoms with E-state index < -0.39 is 29.5 Å². The third-order valence-corrected chi connectivity index (χ3v) is 7.51. The molecule has 1 saturated carbocycles. The number of carbonyl (C=O) groups is 4. The minimum atomic E-state index is -0.980. The summed E-state index contributed by atoms with van der Waals surface area (Å²) in [6, 6.07) is -1.51. The fourth-order valence-corrected chi connectivity index (χ4v) is 6.00. The van der Waals surface area contributed by atoms with Gasteiger partial charge >= 0.3 is 12.0 Å². The minimum Gasteiger partial charge on any atom is -0.462 e. The van der Waals surface area contributed by atoms with Gasteiger partial charge in [-0.1, -0.05) is 12.8 Å². The maximum atomic E-state index is 13.0. The van der Waals surface area contributed by atoms with E-state index in [-0.39, 0.29) is 12.5 Å². The number of fused-ring (bicyclic) bond motifs is 1. The highest BCUT2D eigenvalue weighted by Crippen LogP contribution is 2.39. The highest BCUT2D eigenvalue weighted by molar-refractivity contribution is 7.17. The van der Waals surface area contributed by atoms with Crippen LogP contribution in [0.25, 0.3) is 0 Å². The molecule has 1 spiro atoms. The maximum Gasteiger partial charge on any atom is 0.341 e. The molecule has 0 radical (unpaired) electrons. The summed E-state index contributed by atoms with van der Waals surface area (Å²) in [4.78, 5) is 53.2. The number of anilines is 1. The van der Waals surface area contributed by atoms with Crippen LogP contribution in [0.1, 0.15) is 73.2 Å². The molecule has 162 valence electrons. The quantitative estimate of drug-likeness (QED) is 0.549. The molecular weight excluding hydrogens is 406 g/mol. The predicted octanol–water partition coefficient (Wildman–Crippen LogP) is 3.00. The fourth-order valence-electron chi connectivity index (χ4n) is 4.72. The van der Waals surface area contributed by atoms with Crippen molar-refractivity contribution in [1.29, 1.82) is 0 Å². The number of hydrogen-bond acceptors (Lipinski definition) is 6. The van der Waals surface area contributed by atoms with Crippen LogP contribution in [-0.4, -0.2) is 46.9 Å². The Bertz CT molecular complexity index is 903. The van der Waals surface area contributed by atoms with Gasteiger partial charge in [0.25, 0.3) is 5.91 Å². The van der Waals surface area contributed by atoms with E-state index >= 15 is 0 Å². The molecule has 3 aliphatic rings. The second kappa shape index (κ2) is 8.02. The molecule has 9 heteroatoms. The summed E-state index contributed by atoms with van der Waals surface area (Å²) in [7, 11) is 0. The largest absolute Gasteiger partial charge is 0.462 e. The second-order valence-corrected chi connectivity index (χ2v) is 9.30. The molecule has 0 bridgehead atoms. The highest BCUT2D eigenvalue weighted by Gasteiger charge is 2.54.